The van der Waals surface area contributed by atoms with Crippen molar-refractivity contribution in [3.05, 3.63) is 0 Å². The van der Waals surface area contributed by atoms with Crippen LogP contribution in [0.5, 0.6) is 0 Å². The molecule has 0 atom stereocenters. The van der Waals surface area contributed by atoms with Crippen LogP contribution in [-0.4, -0.2) is 21.5 Å². The third-order valence-corrected chi connectivity index (χ3v) is 3.11. The first-order chi connectivity index (χ1) is 4.81. The third kappa shape index (κ3) is 2.58. The summed E-state index contributed by atoms with van der Waals surface area (Å²) >= 11 is 2.52. The van der Waals surface area contributed by atoms with Crippen molar-refractivity contribution >= 4 is 22.6 Å². The minimum Gasteiger partial charge on any atom is -0.289 e. The SMILES string of the molecule is CC1(C)CCN(C(C)(C)I)C1. The van der Waals surface area contributed by atoms with E-state index in [1.165, 1.54) is 19.5 Å². The summed E-state index contributed by atoms with van der Waals surface area (Å²) in [6.07, 6.45) is 1.35. The quantitative estimate of drug-likeness (QED) is 0.401. The summed E-state index contributed by atoms with van der Waals surface area (Å²) < 4.78 is 0.339. The maximum absolute atomic E-state index is 2.56. The normalized spacial score (nSPS) is 25.9. The number of halogens is 1. The Morgan fingerprint density at radius 1 is 1.36 bits per heavy atom. The predicted molar refractivity (Wildman–Crippen MR) is 58.1 cm³/mol. The van der Waals surface area contributed by atoms with Crippen molar-refractivity contribution in [1.29, 1.82) is 0 Å². The Balaban J connectivity index is 2.55. The Bertz CT molecular complexity index is 146. The molecule has 0 aromatic carbocycles. The molecule has 66 valence electrons. The van der Waals surface area contributed by atoms with Gasteiger partial charge in [0.2, 0.25) is 0 Å². The smallest absolute Gasteiger partial charge is 0.0673 e. The molecule has 0 radical (unpaired) electrons. The van der Waals surface area contributed by atoms with E-state index in [-0.39, 0.29) is 0 Å². The fourth-order valence-corrected chi connectivity index (χ4v) is 1.98. The lowest BCUT2D eigenvalue weighted by Crippen LogP contribution is -2.37. The second-order valence-corrected chi connectivity index (χ2v) is 7.39. The monoisotopic (exact) mass is 267 g/mol. The van der Waals surface area contributed by atoms with Crippen LogP contribution in [0.3, 0.4) is 0 Å². The molecular formula is C9H18IN. The number of hydrogen-bond acceptors (Lipinski definition) is 1. The van der Waals surface area contributed by atoms with Crippen molar-refractivity contribution < 1.29 is 0 Å². The van der Waals surface area contributed by atoms with Crippen molar-refractivity contribution in [2.24, 2.45) is 5.41 Å². The molecule has 11 heavy (non-hydrogen) atoms. The Morgan fingerprint density at radius 3 is 2.09 bits per heavy atom. The summed E-state index contributed by atoms with van der Waals surface area (Å²) in [5, 5.41) is 0. The molecule has 1 aliphatic rings. The van der Waals surface area contributed by atoms with E-state index in [2.05, 4.69) is 55.2 Å². The van der Waals surface area contributed by atoms with E-state index < -0.39 is 0 Å². The van der Waals surface area contributed by atoms with Crippen molar-refractivity contribution in [1.82, 2.24) is 4.90 Å². The first kappa shape index (κ1) is 9.78. The average molecular weight is 267 g/mol. The minimum absolute atomic E-state index is 0.339. The maximum atomic E-state index is 2.56. The van der Waals surface area contributed by atoms with Gasteiger partial charge in [0.05, 0.1) is 3.55 Å². The van der Waals surface area contributed by atoms with E-state index in [1.54, 1.807) is 0 Å². The molecule has 0 aromatic rings. The number of rotatable bonds is 1. The molecule has 0 aromatic heterocycles. The van der Waals surface area contributed by atoms with E-state index in [0.717, 1.165) is 0 Å². The molecule has 0 bridgehead atoms. The van der Waals surface area contributed by atoms with Gasteiger partial charge in [-0.1, -0.05) is 36.4 Å². The Hall–Kier alpha value is 0.690. The standard InChI is InChI=1S/C9H18IN/c1-8(2)5-6-11(7-8)9(3,4)10/h5-7H2,1-4H3. The molecule has 0 saturated carbocycles. The van der Waals surface area contributed by atoms with Gasteiger partial charge in [-0.25, -0.2) is 0 Å². The molecular weight excluding hydrogens is 249 g/mol. The van der Waals surface area contributed by atoms with Crippen molar-refractivity contribution in [2.45, 2.75) is 37.7 Å². The van der Waals surface area contributed by atoms with Crippen LogP contribution in [0, 0.1) is 5.41 Å². The maximum Gasteiger partial charge on any atom is 0.0673 e. The highest BCUT2D eigenvalue weighted by atomic mass is 127. The van der Waals surface area contributed by atoms with Crippen LogP contribution in [0.2, 0.25) is 0 Å². The largest absolute Gasteiger partial charge is 0.289 e. The van der Waals surface area contributed by atoms with Gasteiger partial charge in [0.15, 0.2) is 0 Å². The van der Waals surface area contributed by atoms with Gasteiger partial charge in [0.25, 0.3) is 0 Å². The molecule has 0 unspecified atom stereocenters. The summed E-state index contributed by atoms with van der Waals surface area (Å²) in [5.74, 6) is 0. The number of alkyl halides is 1. The van der Waals surface area contributed by atoms with Gasteiger partial charge in [-0.2, -0.15) is 0 Å². The van der Waals surface area contributed by atoms with Gasteiger partial charge in [-0.15, -0.1) is 0 Å². The predicted octanol–water partition coefficient (Wildman–Crippen LogP) is 2.89. The van der Waals surface area contributed by atoms with Gasteiger partial charge in [0, 0.05) is 6.54 Å². The lowest BCUT2D eigenvalue weighted by molar-refractivity contribution is 0.231. The summed E-state index contributed by atoms with van der Waals surface area (Å²) in [6.45, 7) is 11.8. The fourth-order valence-electron chi connectivity index (χ4n) is 1.57. The molecule has 0 spiro atoms. The van der Waals surface area contributed by atoms with Crippen molar-refractivity contribution in [3.8, 4) is 0 Å². The number of likely N-dealkylation sites (tertiary alicyclic amines) is 1. The second-order valence-electron chi connectivity index (χ2n) is 4.75. The molecule has 1 aliphatic heterocycles. The van der Waals surface area contributed by atoms with Crippen molar-refractivity contribution in [3.63, 3.8) is 0 Å². The molecule has 1 heterocycles. The molecule has 0 N–H and O–H groups in total. The summed E-state index contributed by atoms with van der Waals surface area (Å²) in [6, 6.07) is 0. The number of nitrogens with zero attached hydrogens (tertiary/aromatic N) is 1. The van der Waals surface area contributed by atoms with Crippen LogP contribution in [0.1, 0.15) is 34.1 Å². The summed E-state index contributed by atoms with van der Waals surface area (Å²) in [7, 11) is 0. The van der Waals surface area contributed by atoms with E-state index in [9.17, 15) is 0 Å². The Morgan fingerprint density at radius 2 is 1.91 bits per heavy atom. The molecule has 0 aliphatic carbocycles. The highest BCUT2D eigenvalue weighted by Crippen LogP contribution is 2.35. The zero-order valence-corrected chi connectivity index (χ0v) is 10.1. The Labute approximate surface area is 83.7 Å². The van der Waals surface area contributed by atoms with Crippen LogP contribution >= 0.6 is 22.6 Å². The van der Waals surface area contributed by atoms with E-state index in [4.69, 9.17) is 0 Å². The molecule has 2 heteroatoms. The molecule has 1 nitrogen and oxygen atoms in total. The van der Waals surface area contributed by atoms with Gasteiger partial charge in [0.1, 0.15) is 0 Å². The van der Waals surface area contributed by atoms with Crippen LogP contribution in [0.15, 0.2) is 0 Å². The highest BCUT2D eigenvalue weighted by Gasteiger charge is 2.35. The third-order valence-electron chi connectivity index (χ3n) is 2.43. The first-order valence-corrected chi connectivity index (χ1v) is 5.33. The van der Waals surface area contributed by atoms with E-state index in [0.29, 0.717) is 8.96 Å². The summed E-state index contributed by atoms with van der Waals surface area (Å²) in [4.78, 5) is 2.56. The topological polar surface area (TPSA) is 3.24 Å². The summed E-state index contributed by atoms with van der Waals surface area (Å²) in [5.41, 5.74) is 0.544. The average Bonchev–Trinajstić information content (AvgIpc) is 2.07. The number of hydrogen-bond donors (Lipinski definition) is 0. The Kier molecular flexibility index (Phi) is 2.55. The second kappa shape index (κ2) is 2.87. The van der Waals surface area contributed by atoms with Gasteiger partial charge in [-0.05, 0) is 32.2 Å². The minimum atomic E-state index is 0.339. The fraction of sp³-hybridized carbons (Fsp3) is 1.00. The molecule has 1 rings (SSSR count). The van der Waals surface area contributed by atoms with Crippen LogP contribution in [0.4, 0.5) is 0 Å². The molecule has 1 fully saturated rings. The van der Waals surface area contributed by atoms with Gasteiger partial charge >= 0.3 is 0 Å². The zero-order valence-electron chi connectivity index (χ0n) is 7.95. The zero-order chi connectivity index (χ0) is 8.70. The van der Waals surface area contributed by atoms with Crippen LogP contribution in [0.25, 0.3) is 0 Å². The molecule has 1 saturated heterocycles. The van der Waals surface area contributed by atoms with Crippen LogP contribution in [-0.2, 0) is 0 Å². The lowest BCUT2D eigenvalue weighted by Gasteiger charge is -2.30. The van der Waals surface area contributed by atoms with Gasteiger partial charge in [-0.3, -0.25) is 4.90 Å². The van der Waals surface area contributed by atoms with E-state index >= 15 is 0 Å². The van der Waals surface area contributed by atoms with Gasteiger partial charge < -0.3 is 0 Å². The van der Waals surface area contributed by atoms with E-state index in [1.807, 2.05) is 0 Å². The lowest BCUT2D eigenvalue weighted by atomic mass is 9.93. The molecule has 0 amide bonds. The highest BCUT2D eigenvalue weighted by molar-refractivity contribution is 14.1. The van der Waals surface area contributed by atoms with Crippen molar-refractivity contribution in [2.75, 3.05) is 13.1 Å². The first-order valence-electron chi connectivity index (χ1n) is 4.25. The van der Waals surface area contributed by atoms with Crippen LogP contribution < -0.4 is 0 Å².